The van der Waals surface area contributed by atoms with E-state index in [-0.39, 0.29) is 0 Å². The molecule has 0 saturated carbocycles. The maximum atomic E-state index is 12.1. The first-order chi connectivity index (χ1) is 9.91. The molecule has 1 unspecified atom stereocenters. The molecule has 0 spiro atoms. The van der Waals surface area contributed by atoms with Gasteiger partial charge in [0.1, 0.15) is 11.6 Å². The standard InChI is InChI=1S/C15H20N2O4/c1-9(2)7-8-20-14(18)10(3)17-13-11(16)5-4-6-12(13)21-15(17)19/h4-6,9-10H,7-8,16H2,1-3H3. The molecule has 21 heavy (non-hydrogen) atoms. The zero-order valence-electron chi connectivity index (χ0n) is 12.5. The number of esters is 1. The first kappa shape index (κ1) is 15.2. The molecular formula is C15H20N2O4. The number of nitrogens with zero attached hydrogens (tertiary/aromatic N) is 1. The van der Waals surface area contributed by atoms with Crippen molar-refractivity contribution >= 4 is 22.8 Å². The number of para-hydroxylation sites is 1. The molecule has 0 bridgehead atoms. The van der Waals surface area contributed by atoms with Crippen molar-refractivity contribution in [1.82, 2.24) is 4.57 Å². The zero-order chi connectivity index (χ0) is 15.6. The number of rotatable bonds is 5. The average Bonchev–Trinajstić information content (AvgIpc) is 2.75. The largest absolute Gasteiger partial charge is 0.464 e. The Balaban J connectivity index is 2.27. The molecular weight excluding hydrogens is 272 g/mol. The van der Waals surface area contributed by atoms with E-state index in [2.05, 4.69) is 0 Å². The second kappa shape index (κ2) is 6.03. The topological polar surface area (TPSA) is 87.5 Å². The number of aromatic nitrogens is 1. The SMILES string of the molecule is CC(C)CCOC(=O)C(C)n1c(=O)oc2cccc(N)c21. The molecule has 1 aromatic carbocycles. The minimum Gasteiger partial charge on any atom is -0.464 e. The number of fused-ring (bicyclic) bond motifs is 1. The molecule has 2 rings (SSSR count). The number of carbonyl (C=O) groups is 1. The van der Waals surface area contributed by atoms with Gasteiger partial charge in [-0.2, -0.15) is 0 Å². The first-order valence-electron chi connectivity index (χ1n) is 6.98. The van der Waals surface area contributed by atoms with Gasteiger partial charge in [-0.1, -0.05) is 19.9 Å². The van der Waals surface area contributed by atoms with Gasteiger partial charge in [0.25, 0.3) is 0 Å². The summed E-state index contributed by atoms with van der Waals surface area (Å²) >= 11 is 0. The zero-order valence-corrected chi connectivity index (χ0v) is 12.5. The first-order valence-corrected chi connectivity index (χ1v) is 6.98. The third-order valence-electron chi connectivity index (χ3n) is 3.33. The number of ether oxygens (including phenoxy) is 1. The lowest BCUT2D eigenvalue weighted by atomic mass is 10.1. The van der Waals surface area contributed by atoms with Gasteiger partial charge >= 0.3 is 11.7 Å². The number of hydrogen-bond acceptors (Lipinski definition) is 5. The highest BCUT2D eigenvalue weighted by Gasteiger charge is 2.23. The van der Waals surface area contributed by atoms with E-state index in [1.807, 2.05) is 13.8 Å². The van der Waals surface area contributed by atoms with Crippen LogP contribution < -0.4 is 11.5 Å². The van der Waals surface area contributed by atoms with Gasteiger partial charge in [-0.3, -0.25) is 4.57 Å². The van der Waals surface area contributed by atoms with Crippen molar-refractivity contribution in [2.75, 3.05) is 12.3 Å². The number of nitrogens with two attached hydrogens (primary N) is 1. The molecule has 0 aliphatic carbocycles. The number of carbonyl (C=O) groups excluding carboxylic acids is 1. The van der Waals surface area contributed by atoms with Crippen LogP contribution in [0.5, 0.6) is 0 Å². The van der Waals surface area contributed by atoms with Crippen molar-refractivity contribution in [1.29, 1.82) is 0 Å². The maximum Gasteiger partial charge on any atom is 0.420 e. The Kier molecular flexibility index (Phi) is 4.35. The van der Waals surface area contributed by atoms with E-state index in [9.17, 15) is 9.59 Å². The molecule has 0 aliphatic rings. The van der Waals surface area contributed by atoms with Crippen LogP contribution in [-0.2, 0) is 9.53 Å². The Labute approximate surface area is 122 Å². The van der Waals surface area contributed by atoms with Crippen LogP contribution >= 0.6 is 0 Å². The second-order valence-corrected chi connectivity index (χ2v) is 5.46. The van der Waals surface area contributed by atoms with E-state index in [1.165, 1.54) is 4.57 Å². The molecule has 0 saturated heterocycles. The fraction of sp³-hybridized carbons (Fsp3) is 0.467. The van der Waals surface area contributed by atoms with Crippen LogP contribution in [0.3, 0.4) is 0 Å². The van der Waals surface area contributed by atoms with Crippen LogP contribution in [0.1, 0.15) is 33.2 Å². The van der Waals surface area contributed by atoms with Gasteiger partial charge in [0.2, 0.25) is 0 Å². The van der Waals surface area contributed by atoms with Gasteiger partial charge in [-0.15, -0.1) is 0 Å². The Morgan fingerprint density at radius 1 is 1.38 bits per heavy atom. The summed E-state index contributed by atoms with van der Waals surface area (Å²) in [5.41, 5.74) is 7.05. The molecule has 0 aliphatic heterocycles. The van der Waals surface area contributed by atoms with Crippen molar-refractivity contribution < 1.29 is 13.9 Å². The van der Waals surface area contributed by atoms with Gasteiger partial charge in [0.15, 0.2) is 5.58 Å². The molecule has 2 N–H and O–H groups in total. The predicted octanol–water partition coefficient (Wildman–Crippen LogP) is 2.33. The number of hydrogen-bond donors (Lipinski definition) is 1. The molecule has 0 amide bonds. The molecule has 0 fully saturated rings. The van der Waals surface area contributed by atoms with Crippen molar-refractivity contribution in [3.63, 3.8) is 0 Å². The Morgan fingerprint density at radius 2 is 2.10 bits per heavy atom. The smallest absolute Gasteiger partial charge is 0.420 e. The van der Waals surface area contributed by atoms with Gasteiger partial charge in [0.05, 0.1) is 12.3 Å². The van der Waals surface area contributed by atoms with Crippen LogP contribution in [0.4, 0.5) is 5.69 Å². The summed E-state index contributed by atoms with van der Waals surface area (Å²) in [7, 11) is 0. The van der Waals surface area contributed by atoms with Gasteiger partial charge in [0, 0.05) is 0 Å². The molecule has 1 aromatic heterocycles. The monoisotopic (exact) mass is 292 g/mol. The fourth-order valence-electron chi connectivity index (χ4n) is 2.09. The van der Waals surface area contributed by atoms with Gasteiger partial charge in [-0.05, 0) is 31.4 Å². The fourth-order valence-corrected chi connectivity index (χ4v) is 2.09. The normalized spacial score (nSPS) is 12.8. The van der Waals surface area contributed by atoms with E-state index >= 15 is 0 Å². The predicted molar refractivity (Wildman–Crippen MR) is 80.0 cm³/mol. The summed E-state index contributed by atoms with van der Waals surface area (Å²) < 4.78 is 11.6. The second-order valence-electron chi connectivity index (χ2n) is 5.46. The van der Waals surface area contributed by atoms with Crippen LogP contribution in [0.2, 0.25) is 0 Å². The molecule has 1 atom stereocenters. The van der Waals surface area contributed by atoms with Gasteiger partial charge < -0.3 is 14.9 Å². The third kappa shape index (κ3) is 3.09. The van der Waals surface area contributed by atoms with Crippen molar-refractivity contribution in [2.45, 2.75) is 33.2 Å². The molecule has 6 heteroatoms. The van der Waals surface area contributed by atoms with E-state index in [0.717, 1.165) is 6.42 Å². The molecule has 114 valence electrons. The van der Waals surface area contributed by atoms with E-state index < -0.39 is 17.8 Å². The van der Waals surface area contributed by atoms with E-state index in [0.29, 0.717) is 29.3 Å². The summed E-state index contributed by atoms with van der Waals surface area (Å²) in [6.45, 7) is 6.03. The average molecular weight is 292 g/mol. The minimum atomic E-state index is -0.782. The van der Waals surface area contributed by atoms with Crippen LogP contribution in [-0.4, -0.2) is 17.1 Å². The summed E-state index contributed by atoms with van der Waals surface area (Å²) in [5, 5.41) is 0. The molecule has 6 nitrogen and oxygen atoms in total. The van der Waals surface area contributed by atoms with E-state index in [4.69, 9.17) is 14.9 Å². The number of anilines is 1. The van der Waals surface area contributed by atoms with E-state index in [1.54, 1.807) is 25.1 Å². The van der Waals surface area contributed by atoms with Crippen LogP contribution in [0.15, 0.2) is 27.4 Å². The summed E-state index contributed by atoms with van der Waals surface area (Å²) in [6, 6.07) is 4.21. The molecule has 0 radical (unpaired) electrons. The molecule has 2 aromatic rings. The Morgan fingerprint density at radius 3 is 2.76 bits per heavy atom. The van der Waals surface area contributed by atoms with Crippen molar-refractivity contribution in [2.24, 2.45) is 5.92 Å². The third-order valence-corrected chi connectivity index (χ3v) is 3.33. The number of benzene rings is 1. The summed E-state index contributed by atoms with van der Waals surface area (Å²) in [5.74, 6) is -0.638. The van der Waals surface area contributed by atoms with Crippen LogP contribution in [0.25, 0.3) is 11.1 Å². The highest BCUT2D eigenvalue weighted by atomic mass is 16.5. The molecule has 1 heterocycles. The highest BCUT2D eigenvalue weighted by Crippen LogP contribution is 2.23. The summed E-state index contributed by atoms with van der Waals surface area (Å²) in [4.78, 5) is 24.0. The maximum absolute atomic E-state index is 12.1. The minimum absolute atomic E-state index is 0.334. The van der Waals surface area contributed by atoms with Crippen molar-refractivity contribution in [3.05, 3.63) is 28.7 Å². The Hall–Kier alpha value is -2.24. The van der Waals surface area contributed by atoms with Crippen LogP contribution in [0, 0.1) is 5.92 Å². The number of oxazole rings is 1. The van der Waals surface area contributed by atoms with Crippen molar-refractivity contribution in [3.8, 4) is 0 Å². The summed E-state index contributed by atoms with van der Waals surface area (Å²) in [6.07, 6.45) is 0.779. The lowest BCUT2D eigenvalue weighted by molar-refractivity contribution is -0.147. The quantitative estimate of drug-likeness (QED) is 0.675. The number of nitrogen functional groups attached to an aromatic ring is 1. The lowest BCUT2D eigenvalue weighted by Gasteiger charge is -2.13. The highest BCUT2D eigenvalue weighted by molar-refractivity contribution is 5.87. The Bertz CT molecular complexity index is 699. The van der Waals surface area contributed by atoms with Gasteiger partial charge in [-0.25, -0.2) is 9.59 Å². The lowest BCUT2D eigenvalue weighted by Crippen LogP contribution is -2.27.